The highest BCUT2D eigenvalue weighted by Crippen LogP contribution is 2.41. The second kappa shape index (κ2) is 33.5. The first kappa shape index (κ1) is 82.1. The topological polar surface area (TPSA) is 293 Å². The number of amides is 6. The van der Waals surface area contributed by atoms with Crippen LogP contribution in [0, 0.1) is 15.5 Å². The maximum absolute atomic E-state index is 13.6. The van der Waals surface area contributed by atoms with Gasteiger partial charge in [0.15, 0.2) is 0 Å². The number of aromatic nitrogens is 6. The summed E-state index contributed by atoms with van der Waals surface area (Å²) in [5, 5.41) is 9.87. The molecule has 9 heterocycles. The van der Waals surface area contributed by atoms with Crippen LogP contribution in [0.4, 0.5) is 24.9 Å². The zero-order valence-corrected chi connectivity index (χ0v) is 70.4. The van der Waals surface area contributed by atoms with Gasteiger partial charge in [-0.25, -0.2) is 34.1 Å². The van der Waals surface area contributed by atoms with Crippen LogP contribution < -0.4 is 16.1 Å². The van der Waals surface area contributed by atoms with Crippen molar-refractivity contribution in [2.75, 3.05) is 40.4 Å². The molecule has 0 aliphatic carbocycles. The molecular weight excluding hydrogens is 1560 g/mol. The van der Waals surface area contributed by atoms with Crippen molar-refractivity contribution in [2.45, 2.75) is 213 Å². The molecule has 6 amide bonds. The molecule has 5 fully saturated rings. The van der Waals surface area contributed by atoms with Crippen LogP contribution in [-0.2, 0) is 44.3 Å². The molecule has 0 radical (unpaired) electrons. The van der Waals surface area contributed by atoms with Crippen LogP contribution in [0.25, 0.3) is 66.1 Å². The molecule has 25 nitrogen and oxygen atoms in total. The fourth-order valence-electron chi connectivity index (χ4n) is 15.9. The van der Waals surface area contributed by atoms with Gasteiger partial charge in [-0.2, -0.15) is 0 Å². The standard InChI is InChI=1S/C40H47N7O5.C33H39BN2O4.C14H21IN4O3/c1-23(2)34(45-38(49)51-6)37(48)46-17-7-9-32(46)35-41-22-31(44-35)28-14-13-24-19-25(11-12-26(24)20-28)27-15-16-29-30(21-27)43-36(42-29)33-10-8-18-47(33)39(50)52-40(3,4)5;1-31(2,3)38-30(37)36-16-8-9-29(36)28-20-25-18-23(13-15-27(25)35-28)21-10-11-24-19-26(14-12-22(24)17-21)34-39-32(4,5)33(6,7)40-34;1-8(2)11(18-14(21)22-3)13(20)19-6-4-5-9(19)12-16-7-10(15)17-12/h11-16,19-23,32-34H,7-10,17-18H2,1-6H3,(H,41,44)(H,42,43)(H,45,49);10-15,17-19,29H,8-9,16,20H2,1-7H3;7-9,11H,4-6H2,1-3H3,(H,16,17)(H,18,21)/t32?,33-,34-;29-;9-,11-/m000/s1. The molecule has 5 N–H and O–H groups in total. The molecule has 9 aromatic rings. The lowest BCUT2D eigenvalue weighted by Gasteiger charge is -2.32. The van der Waals surface area contributed by atoms with Gasteiger partial charge in [-0.1, -0.05) is 94.4 Å². The molecule has 5 saturated heterocycles. The maximum Gasteiger partial charge on any atom is 0.494 e. The first-order valence-electron chi connectivity index (χ1n) is 39.8. The van der Waals surface area contributed by atoms with Gasteiger partial charge in [0, 0.05) is 43.9 Å². The number of hydrogen-bond acceptors (Lipinski definition) is 16. The zero-order valence-electron chi connectivity index (χ0n) is 68.3. The van der Waals surface area contributed by atoms with Crippen LogP contribution in [0.3, 0.4) is 0 Å². The van der Waals surface area contributed by atoms with Gasteiger partial charge in [-0.15, -0.1) is 0 Å². The van der Waals surface area contributed by atoms with Crippen molar-refractivity contribution in [1.29, 1.82) is 0 Å². The number of nitrogens with zero attached hydrogens (tertiary/aromatic N) is 8. The van der Waals surface area contributed by atoms with Crippen molar-refractivity contribution in [3.8, 4) is 33.5 Å². The number of halogens is 1. The average molecular weight is 1660 g/mol. The van der Waals surface area contributed by atoms with Crippen LogP contribution in [-0.4, -0.2) is 179 Å². The highest BCUT2D eigenvalue weighted by Gasteiger charge is 2.52. The third-order valence-corrected chi connectivity index (χ3v) is 23.1. The first-order chi connectivity index (χ1) is 54.1. The Hall–Kier alpha value is -9.87. The van der Waals surface area contributed by atoms with Gasteiger partial charge in [0.25, 0.3) is 0 Å². The van der Waals surface area contributed by atoms with E-state index in [1.807, 2.05) is 91.3 Å². The molecule has 0 spiro atoms. The molecule has 0 saturated carbocycles. The molecule has 27 heteroatoms. The second-order valence-electron chi connectivity index (χ2n) is 34.2. The Bertz CT molecular complexity index is 5100. The van der Waals surface area contributed by atoms with E-state index in [9.17, 15) is 28.8 Å². The molecule has 0 bridgehead atoms. The number of aromatic amines is 3. The summed E-state index contributed by atoms with van der Waals surface area (Å²) in [5.41, 5.74) is 10.7. The van der Waals surface area contributed by atoms with E-state index in [1.54, 1.807) is 16.0 Å². The number of H-pyrrole nitrogens is 3. The van der Waals surface area contributed by atoms with Crippen molar-refractivity contribution in [3.63, 3.8) is 0 Å². The Balaban J connectivity index is 0.000000161. The number of hydrogen-bond donors (Lipinski definition) is 5. The number of carbonyl (C=O) groups is 6. The molecule has 15 rings (SSSR count). The predicted octanol–water partition coefficient (Wildman–Crippen LogP) is 16.8. The van der Waals surface area contributed by atoms with Gasteiger partial charge >= 0.3 is 31.5 Å². The lowest BCUT2D eigenvalue weighted by atomic mass is 9.78. The van der Waals surface area contributed by atoms with Crippen LogP contribution >= 0.6 is 22.6 Å². The van der Waals surface area contributed by atoms with E-state index in [4.69, 9.17) is 38.5 Å². The number of rotatable bonds is 14. The van der Waals surface area contributed by atoms with Crippen LogP contribution in [0.5, 0.6) is 0 Å². The number of aliphatic imine (C=N–C) groups is 1. The third kappa shape index (κ3) is 18.3. The lowest BCUT2D eigenvalue weighted by molar-refractivity contribution is -0.136. The fourth-order valence-corrected chi connectivity index (χ4v) is 16.3. The summed E-state index contributed by atoms with van der Waals surface area (Å²) in [6, 6.07) is 36.9. The number of alkyl carbamates (subject to hydrolysis) is 2. The lowest BCUT2D eigenvalue weighted by Crippen LogP contribution is -2.51. The first-order valence-corrected chi connectivity index (χ1v) is 40.9. The van der Waals surface area contributed by atoms with Gasteiger partial charge in [-0.3, -0.25) is 24.4 Å². The second-order valence-corrected chi connectivity index (χ2v) is 35.4. The minimum Gasteiger partial charge on any atom is -0.453 e. The summed E-state index contributed by atoms with van der Waals surface area (Å²) < 4.78 is 34.2. The van der Waals surface area contributed by atoms with E-state index in [0.717, 1.165) is 145 Å². The Morgan fingerprint density at radius 3 is 1.48 bits per heavy atom. The molecular formula is C87H107BIN13O12. The van der Waals surface area contributed by atoms with Gasteiger partial charge in [-0.05, 0) is 252 Å². The normalized spacial score (nSPS) is 19.7. The molecule has 6 atom stereocenters. The number of carbonyl (C=O) groups excluding carboxylic acids is 6. The van der Waals surface area contributed by atoms with Crippen molar-refractivity contribution < 1.29 is 57.0 Å². The SMILES string of the molecule is CC(C)(C)OC(=O)N1CCC[C@H]1C1=Nc2ccc(-c3ccc4cc(B5OC(C)(C)C(C)(C)O5)ccc4c3)cc2C1.COC(=O)N[C@H](C(=O)N1CCCC1c1ncc(-c2ccc3cc(-c4ccc5nc([C@@H]6CCCN6C(=O)OC(C)(C)C)[nH]c5c4)ccc3c2)[nH]1)C(C)C.COC(=O)N[C@H](C(=O)N1CCC[C@H]1c1ncc(I)[nH]1)C(C)C. The van der Waals surface area contributed by atoms with Crippen molar-refractivity contribution in [3.05, 3.63) is 148 Å². The van der Waals surface area contributed by atoms with Gasteiger partial charge in [0.2, 0.25) is 11.8 Å². The van der Waals surface area contributed by atoms with E-state index in [0.29, 0.717) is 26.2 Å². The molecule has 6 aliphatic heterocycles. The quantitative estimate of drug-likeness (QED) is 0.0384. The third-order valence-electron chi connectivity index (χ3n) is 22.5. The van der Waals surface area contributed by atoms with Crippen molar-refractivity contribution in [2.24, 2.45) is 16.8 Å². The van der Waals surface area contributed by atoms with Crippen molar-refractivity contribution in [1.82, 2.24) is 60.1 Å². The number of nitrogens with one attached hydrogen (secondary N) is 5. The zero-order chi connectivity index (χ0) is 81.5. The highest BCUT2D eigenvalue weighted by atomic mass is 127. The Labute approximate surface area is 680 Å². The monoisotopic (exact) mass is 1660 g/mol. The van der Waals surface area contributed by atoms with Crippen LogP contribution in [0.2, 0.25) is 0 Å². The number of methoxy groups -OCH3 is 2. The van der Waals surface area contributed by atoms with Gasteiger partial charge < -0.3 is 63.6 Å². The van der Waals surface area contributed by atoms with Crippen LogP contribution in [0.15, 0.2) is 127 Å². The number of benzene rings is 6. The molecule has 6 aromatic carbocycles. The smallest absolute Gasteiger partial charge is 0.453 e. The summed E-state index contributed by atoms with van der Waals surface area (Å²) in [6.07, 6.45) is 9.68. The molecule has 6 aliphatic rings. The Kier molecular flexibility index (Phi) is 24.2. The van der Waals surface area contributed by atoms with Crippen molar-refractivity contribution >= 4 is 115 Å². The van der Waals surface area contributed by atoms with E-state index in [-0.39, 0.29) is 78.3 Å². The molecule has 1 unspecified atom stereocenters. The van der Waals surface area contributed by atoms with E-state index >= 15 is 0 Å². The Morgan fingerprint density at radius 2 is 0.965 bits per heavy atom. The summed E-state index contributed by atoms with van der Waals surface area (Å²) >= 11 is 2.16. The summed E-state index contributed by atoms with van der Waals surface area (Å²) in [5.74, 6) is 1.98. The number of fused-ring (bicyclic) bond motifs is 4. The predicted molar refractivity (Wildman–Crippen MR) is 450 cm³/mol. The molecule has 602 valence electrons. The number of likely N-dealkylation sites (tertiary alicyclic amines) is 4. The molecule has 3 aromatic heterocycles. The minimum absolute atomic E-state index is 0.00420. The maximum atomic E-state index is 13.6. The van der Waals surface area contributed by atoms with Gasteiger partial charge in [0.1, 0.15) is 40.8 Å². The molecule has 114 heavy (non-hydrogen) atoms. The van der Waals surface area contributed by atoms with E-state index in [2.05, 4.69) is 189 Å². The fraction of sp³-hybridized carbons (Fsp3) is 0.471. The van der Waals surface area contributed by atoms with E-state index in [1.165, 1.54) is 36.3 Å². The largest absolute Gasteiger partial charge is 0.494 e. The highest BCUT2D eigenvalue weighted by molar-refractivity contribution is 14.1. The number of ether oxygens (including phenoxy) is 4. The minimum atomic E-state index is -0.680. The van der Waals surface area contributed by atoms with E-state index < -0.39 is 35.5 Å². The average Bonchev–Trinajstić information content (AvgIpc) is 1.88. The summed E-state index contributed by atoms with van der Waals surface area (Å²) in [4.78, 5) is 112. The summed E-state index contributed by atoms with van der Waals surface area (Å²) in [7, 11) is 2.22. The Morgan fingerprint density at radius 1 is 0.526 bits per heavy atom. The van der Waals surface area contributed by atoms with Crippen LogP contribution in [0.1, 0.15) is 189 Å². The van der Waals surface area contributed by atoms with Gasteiger partial charge in [0.05, 0.1) is 88.1 Å². The summed E-state index contributed by atoms with van der Waals surface area (Å²) in [6.45, 7) is 30.0. The number of imidazole rings is 3.